The topological polar surface area (TPSA) is 44.3 Å². The summed E-state index contributed by atoms with van der Waals surface area (Å²) >= 11 is 0. The van der Waals surface area contributed by atoms with Crippen LogP contribution in [0.25, 0.3) is 0 Å². The Morgan fingerprint density at radius 2 is 2.21 bits per heavy atom. The summed E-state index contributed by atoms with van der Waals surface area (Å²) in [7, 11) is 0. The molecule has 2 rings (SSSR count). The fourth-order valence-electron chi connectivity index (χ4n) is 1.78. The lowest BCUT2D eigenvalue weighted by Crippen LogP contribution is -2.42. The van der Waals surface area contributed by atoms with Gasteiger partial charge in [0, 0.05) is 25.7 Å². The highest BCUT2D eigenvalue weighted by molar-refractivity contribution is 5.36. The molecule has 0 aromatic heterocycles. The molecule has 1 aliphatic rings. The van der Waals surface area contributed by atoms with E-state index in [-0.39, 0.29) is 0 Å². The van der Waals surface area contributed by atoms with Crippen LogP contribution in [0.5, 0.6) is 5.75 Å². The molecule has 1 fully saturated rings. The molecule has 0 bridgehead atoms. The van der Waals surface area contributed by atoms with Crippen LogP contribution in [0, 0.1) is 6.92 Å². The first-order valence-electron chi connectivity index (χ1n) is 5.01. The molecule has 1 aromatic rings. The maximum atomic E-state index is 9.41. The Balaban J connectivity index is 2.18. The Morgan fingerprint density at radius 1 is 1.36 bits per heavy atom. The van der Waals surface area contributed by atoms with Crippen molar-refractivity contribution in [2.75, 3.05) is 19.6 Å². The first kappa shape index (κ1) is 9.49. The van der Waals surface area contributed by atoms with E-state index in [1.165, 1.54) is 5.56 Å². The molecule has 0 spiro atoms. The summed E-state index contributed by atoms with van der Waals surface area (Å²) in [6.45, 7) is 4.93. The predicted molar refractivity (Wildman–Crippen MR) is 56.5 cm³/mol. The second-order valence-electron chi connectivity index (χ2n) is 3.76. The van der Waals surface area contributed by atoms with Gasteiger partial charge in [0.2, 0.25) is 0 Å². The SMILES string of the molecule is Cc1cc([C@H]2CNCCN2)ccc1O. The number of nitrogens with one attached hydrogen (secondary N) is 2. The minimum absolute atomic E-state index is 0.373. The molecule has 14 heavy (non-hydrogen) atoms. The van der Waals surface area contributed by atoms with Crippen molar-refractivity contribution in [3.63, 3.8) is 0 Å². The van der Waals surface area contributed by atoms with Crippen LogP contribution in [0.4, 0.5) is 0 Å². The molecule has 3 nitrogen and oxygen atoms in total. The van der Waals surface area contributed by atoms with E-state index in [0.29, 0.717) is 11.8 Å². The Labute approximate surface area is 84.1 Å². The maximum Gasteiger partial charge on any atom is 0.118 e. The number of hydrogen-bond acceptors (Lipinski definition) is 3. The van der Waals surface area contributed by atoms with E-state index in [1.54, 1.807) is 6.07 Å². The molecule has 0 unspecified atom stereocenters. The van der Waals surface area contributed by atoms with Crippen molar-refractivity contribution in [2.24, 2.45) is 0 Å². The molecule has 1 saturated heterocycles. The van der Waals surface area contributed by atoms with E-state index in [0.717, 1.165) is 25.2 Å². The van der Waals surface area contributed by atoms with Crippen molar-refractivity contribution in [3.8, 4) is 5.75 Å². The highest BCUT2D eigenvalue weighted by Gasteiger charge is 2.14. The van der Waals surface area contributed by atoms with Gasteiger partial charge >= 0.3 is 0 Å². The molecular weight excluding hydrogens is 176 g/mol. The fraction of sp³-hybridized carbons (Fsp3) is 0.455. The molecule has 76 valence electrons. The van der Waals surface area contributed by atoms with Crippen molar-refractivity contribution >= 4 is 0 Å². The summed E-state index contributed by atoms with van der Waals surface area (Å²) in [5.74, 6) is 0.373. The quantitative estimate of drug-likeness (QED) is 0.620. The van der Waals surface area contributed by atoms with E-state index >= 15 is 0 Å². The molecular formula is C11H16N2O. The van der Waals surface area contributed by atoms with Crippen LogP contribution in [0.1, 0.15) is 17.2 Å². The van der Waals surface area contributed by atoms with Gasteiger partial charge in [-0.25, -0.2) is 0 Å². The number of phenolic OH excluding ortho intramolecular Hbond substituents is 1. The smallest absolute Gasteiger partial charge is 0.118 e. The molecule has 0 radical (unpaired) electrons. The summed E-state index contributed by atoms with van der Waals surface area (Å²) in [6, 6.07) is 6.16. The van der Waals surface area contributed by atoms with Crippen LogP contribution < -0.4 is 10.6 Å². The highest BCUT2D eigenvalue weighted by Crippen LogP contribution is 2.21. The standard InChI is InChI=1S/C11H16N2O/c1-8-6-9(2-3-11(8)14)10-7-12-4-5-13-10/h2-3,6,10,12-14H,4-5,7H2,1H3/t10-/m1/s1. The molecule has 3 N–H and O–H groups in total. The zero-order valence-electron chi connectivity index (χ0n) is 8.38. The largest absolute Gasteiger partial charge is 0.508 e. The van der Waals surface area contributed by atoms with Crippen molar-refractivity contribution in [3.05, 3.63) is 29.3 Å². The second-order valence-corrected chi connectivity index (χ2v) is 3.76. The van der Waals surface area contributed by atoms with Gasteiger partial charge in [0.1, 0.15) is 5.75 Å². The van der Waals surface area contributed by atoms with E-state index in [2.05, 4.69) is 10.6 Å². The number of phenols is 1. The predicted octanol–water partition coefficient (Wildman–Crippen LogP) is 0.935. The third-order valence-corrected chi connectivity index (χ3v) is 2.66. The number of aryl methyl sites for hydroxylation is 1. The van der Waals surface area contributed by atoms with E-state index in [1.807, 2.05) is 19.1 Å². The van der Waals surface area contributed by atoms with Gasteiger partial charge in [0.05, 0.1) is 0 Å². The molecule has 1 atom stereocenters. The molecule has 0 amide bonds. The number of aromatic hydroxyl groups is 1. The van der Waals surface area contributed by atoms with Gasteiger partial charge in [0.25, 0.3) is 0 Å². The molecule has 3 heteroatoms. The monoisotopic (exact) mass is 192 g/mol. The Kier molecular flexibility index (Phi) is 2.70. The number of benzene rings is 1. The summed E-state index contributed by atoms with van der Waals surface area (Å²) in [5, 5.41) is 16.2. The van der Waals surface area contributed by atoms with Crippen molar-refractivity contribution in [2.45, 2.75) is 13.0 Å². The molecule has 1 heterocycles. The normalized spacial score (nSPS) is 22.2. The average molecular weight is 192 g/mol. The van der Waals surface area contributed by atoms with E-state index in [9.17, 15) is 5.11 Å². The van der Waals surface area contributed by atoms with Crippen LogP contribution in [-0.4, -0.2) is 24.7 Å². The van der Waals surface area contributed by atoms with Crippen molar-refractivity contribution in [1.82, 2.24) is 10.6 Å². The van der Waals surface area contributed by atoms with Crippen LogP contribution >= 0.6 is 0 Å². The second kappa shape index (κ2) is 3.98. The van der Waals surface area contributed by atoms with Crippen molar-refractivity contribution < 1.29 is 5.11 Å². The molecule has 1 aromatic carbocycles. The van der Waals surface area contributed by atoms with Gasteiger partial charge in [-0.2, -0.15) is 0 Å². The Bertz CT molecular complexity index is 319. The minimum atomic E-state index is 0.373. The number of piperazine rings is 1. The van der Waals surface area contributed by atoms with Gasteiger partial charge in [-0.15, -0.1) is 0 Å². The number of rotatable bonds is 1. The first-order valence-corrected chi connectivity index (χ1v) is 5.01. The van der Waals surface area contributed by atoms with Crippen molar-refractivity contribution in [1.29, 1.82) is 0 Å². The zero-order chi connectivity index (χ0) is 9.97. The fourth-order valence-corrected chi connectivity index (χ4v) is 1.78. The van der Waals surface area contributed by atoms with Crippen LogP contribution in [0.3, 0.4) is 0 Å². The van der Waals surface area contributed by atoms with Crippen LogP contribution in [0.2, 0.25) is 0 Å². The van der Waals surface area contributed by atoms with Gasteiger partial charge in [0.15, 0.2) is 0 Å². The van der Waals surface area contributed by atoms with Crippen LogP contribution in [-0.2, 0) is 0 Å². The van der Waals surface area contributed by atoms with Crippen LogP contribution in [0.15, 0.2) is 18.2 Å². The van der Waals surface area contributed by atoms with Gasteiger partial charge in [-0.1, -0.05) is 12.1 Å². The minimum Gasteiger partial charge on any atom is -0.508 e. The summed E-state index contributed by atoms with van der Waals surface area (Å²) in [5.41, 5.74) is 2.18. The molecule has 1 aliphatic heterocycles. The lowest BCUT2D eigenvalue weighted by atomic mass is 10.0. The summed E-state index contributed by atoms with van der Waals surface area (Å²) < 4.78 is 0. The van der Waals surface area contributed by atoms with Gasteiger partial charge in [-0.3, -0.25) is 0 Å². The maximum absolute atomic E-state index is 9.41. The van der Waals surface area contributed by atoms with Gasteiger partial charge in [-0.05, 0) is 24.1 Å². The van der Waals surface area contributed by atoms with E-state index in [4.69, 9.17) is 0 Å². The average Bonchev–Trinajstić information content (AvgIpc) is 2.23. The third kappa shape index (κ3) is 1.89. The molecule has 0 saturated carbocycles. The summed E-state index contributed by atoms with van der Waals surface area (Å²) in [6.07, 6.45) is 0. The Morgan fingerprint density at radius 3 is 2.86 bits per heavy atom. The van der Waals surface area contributed by atoms with Gasteiger partial charge < -0.3 is 15.7 Å². The number of hydrogen-bond donors (Lipinski definition) is 3. The third-order valence-electron chi connectivity index (χ3n) is 2.66. The zero-order valence-corrected chi connectivity index (χ0v) is 8.38. The lowest BCUT2D eigenvalue weighted by molar-refractivity contribution is 0.428. The Hall–Kier alpha value is -1.06. The highest BCUT2D eigenvalue weighted by atomic mass is 16.3. The molecule has 0 aliphatic carbocycles. The lowest BCUT2D eigenvalue weighted by Gasteiger charge is -2.25. The first-order chi connectivity index (χ1) is 6.77. The van der Waals surface area contributed by atoms with E-state index < -0.39 is 0 Å². The summed E-state index contributed by atoms with van der Waals surface area (Å²) in [4.78, 5) is 0.